The predicted octanol–water partition coefficient (Wildman–Crippen LogP) is 2.14. The number of hydrogen-bond acceptors (Lipinski definition) is 6. The summed E-state index contributed by atoms with van der Waals surface area (Å²) in [6, 6.07) is 0. The van der Waals surface area contributed by atoms with Gasteiger partial charge in [0, 0.05) is 16.7 Å². The smallest absolute Gasteiger partial charge is 0.188 e. The molecular formula is C12H15N3OS2. The fourth-order valence-electron chi connectivity index (χ4n) is 1.52. The summed E-state index contributed by atoms with van der Waals surface area (Å²) in [6.45, 7) is 4.54. The summed E-state index contributed by atoms with van der Waals surface area (Å²) in [7, 11) is 0. The molecule has 0 unspecified atom stereocenters. The van der Waals surface area contributed by atoms with E-state index in [1.807, 2.05) is 13.8 Å². The Morgan fingerprint density at radius 1 is 1.33 bits per heavy atom. The summed E-state index contributed by atoms with van der Waals surface area (Å²) in [4.78, 5) is 21.9. The van der Waals surface area contributed by atoms with Gasteiger partial charge in [0.15, 0.2) is 5.78 Å². The van der Waals surface area contributed by atoms with Crippen molar-refractivity contribution in [3.8, 4) is 0 Å². The van der Waals surface area contributed by atoms with Crippen LogP contribution in [0.2, 0.25) is 0 Å². The maximum absolute atomic E-state index is 12.0. The molecule has 0 bridgehead atoms. The lowest BCUT2D eigenvalue weighted by Gasteiger charge is -1.93. The number of ketones is 1. The van der Waals surface area contributed by atoms with E-state index in [9.17, 15) is 4.79 Å². The van der Waals surface area contributed by atoms with Crippen LogP contribution >= 0.6 is 22.7 Å². The highest BCUT2D eigenvalue weighted by Gasteiger charge is 2.14. The van der Waals surface area contributed by atoms with Crippen LogP contribution in [0, 0.1) is 13.8 Å². The Labute approximate surface area is 114 Å². The third kappa shape index (κ3) is 3.01. The molecule has 96 valence electrons. The highest BCUT2D eigenvalue weighted by molar-refractivity contribution is 7.11. The molecule has 2 aromatic heterocycles. The molecule has 0 fully saturated rings. The lowest BCUT2D eigenvalue weighted by molar-refractivity contribution is 0.0988. The first-order valence-electron chi connectivity index (χ1n) is 5.70. The molecule has 2 rings (SSSR count). The number of thiazole rings is 2. The molecule has 18 heavy (non-hydrogen) atoms. The molecule has 0 amide bonds. The zero-order valence-electron chi connectivity index (χ0n) is 10.4. The fourth-order valence-corrected chi connectivity index (χ4v) is 3.27. The molecule has 6 heteroatoms. The molecule has 4 nitrogen and oxygen atoms in total. The van der Waals surface area contributed by atoms with Crippen molar-refractivity contribution in [1.82, 2.24) is 9.97 Å². The zero-order chi connectivity index (χ0) is 13.1. The molecule has 0 spiro atoms. The number of aromatic nitrogens is 2. The van der Waals surface area contributed by atoms with Crippen molar-refractivity contribution >= 4 is 28.5 Å². The molecule has 2 aromatic rings. The second kappa shape index (κ2) is 5.69. The van der Waals surface area contributed by atoms with E-state index in [-0.39, 0.29) is 5.78 Å². The third-order valence-electron chi connectivity index (χ3n) is 2.58. The number of rotatable bonds is 5. The molecule has 2 heterocycles. The van der Waals surface area contributed by atoms with Crippen molar-refractivity contribution in [1.29, 1.82) is 0 Å². The van der Waals surface area contributed by atoms with Gasteiger partial charge in [-0.25, -0.2) is 9.97 Å². The molecular weight excluding hydrogens is 266 g/mol. The van der Waals surface area contributed by atoms with E-state index >= 15 is 0 Å². The number of nitrogens with two attached hydrogens (primary N) is 1. The lowest BCUT2D eigenvalue weighted by Crippen LogP contribution is -2.06. The van der Waals surface area contributed by atoms with Crippen molar-refractivity contribution in [3.63, 3.8) is 0 Å². The molecule has 0 aliphatic rings. The van der Waals surface area contributed by atoms with Gasteiger partial charge in [0.2, 0.25) is 0 Å². The van der Waals surface area contributed by atoms with Gasteiger partial charge >= 0.3 is 0 Å². The topological polar surface area (TPSA) is 68.9 Å². The van der Waals surface area contributed by atoms with Crippen molar-refractivity contribution in [2.45, 2.75) is 26.7 Å². The van der Waals surface area contributed by atoms with Gasteiger partial charge in [-0.05, 0) is 20.4 Å². The zero-order valence-corrected chi connectivity index (χ0v) is 12.0. The van der Waals surface area contributed by atoms with Gasteiger partial charge in [0.05, 0.1) is 17.1 Å². The maximum atomic E-state index is 12.0. The van der Waals surface area contributed by atoms with Crippen molar-refractivity contribution in [3.05, 3.63) is 31.7 Å². The van der Waals surface area contributed by atoms with Gasteiger partial charge in [-0.3, -0.25) is 4.79 Å². The van der Waals surface area contributed by atoms with Crippen LogP contribution in [0.15, 0.2) is 5.38 Å². The Balaban J connectivity index is 2.06. The van der Waals surface area contributed by atoms with E-state index in [0.717, 1.165) is 22.1 Å². The molecule has 0 atom stereocenters. The van der Waals surface area contributed by atoms with Gasteiger partial charge in [-0.1, -0.05) is 0 Å². The quantitative estimate of drug-likeness (QED) is 0.853. The van der Waals surface area contributed by atoms with Crippen molar-refractivity contribution in [2.24, 2.45) is 5.73 Å². The van der Waals surface area contributed by atoms with Crippen LogP contribution in [0.1, 0.15) is 31.1 Å². The van der Waals surface area contributed by atoms with Crippen LogP contribution < -0.4 is 5.73 Å². The molecule has 0 saturated heterocycles. The van der Waals surface area contributed by atoms with Gasteiger partial charge in [0.1, 0.15) is 10.7 Å². The summed E-state index contributed by atoms with van der Waals surface area (Å²) >= 11 is 3.07. The summed E-state index contributed by atoms with van der Waals surface area (Å²) < 4.78 is 0. The number of nitrogens with zero attached hydrogens (tertiary/aromatic N) is 2. The Morgan fingerprint density at radius 3 is 2.72 bits per heavy atom. The van der Waals surface area contributed by atoms with Gasteiger partial charge in [-0.15, -0.1) is 22.7 Å². The Bertz CT molecular complexity index is 540. The van der Waals surface area contributed by atoms with E-state index in [0.29, 0.717) is 18.7 Å². The van der Waals surface area contributed by atoms with Crippen LogP contribution in [0.5, 0.6) is 0 Å². The van der Waals surface area contributed by atoms with E-state index < -0.39 is 0 Å². The highest BCUT2D eigenvalue weighted by Crippen LogP contribution is 2.19. The molecule has 0 aromatic carbocycles. The largest absolute Gasteiger partial charge is 0.330 e. The lowest BCUT2D eigenvalue weighted by atomic mass is 10.2. The van der Waals surface area contributed by atoms with Crippen LogP contribution in [0.4, 0.5) is 0 Å². The van der Waals surface area contributed by atoms with Crippen LogP contribution in [0.3, 0.4) is 0 Å². The minimum atomic E-state index is 0.0308. The van der Waals surface area contributed by atoms with Crippen LogP contribution in [-0.4, -0.2) is 22.3 Å². The first-order chi connectivity index (χ1) is 8.60. The minimum Gasteiger partial charge on any atom is -0.330 e. The normalized spacial score (nSPS) is 10.8. The summed E-state index contributed by atoms with van der Waals surface area (Å²) in [5.41, 5.74) is 7.00. The van der Waals surface area contributed by atoms with Gasteiger partial charge in [-0.2, -0.15) is 0 Å². The van der Waals surface area contributed by atoms with Crippen molar-refractivity contribution in [2.75, 3.05) is 6.54 Å². The predicted molar refractivity (Wildman–Crippen MR) is 74.5 cm³/mol. The Hall–Kier alpha value is -1.11. The van der Waals surface area contributed by atoms with Gasteiger partial charge < -0.3 is 5.73 Å². The summed E-state index contributed by atoms with van der Waals surface area (Å²) in [5.74, 6) is 0.0308. The maximum Gasteiger partial charge on any atom is 0.188 e. The third-order valence-corrected chi connectivity index (χ3v) is 4.56. The number of hydrogen-bond donors (Lipinski definition) is 1. The van der Waals surface area contributed by atoms with Gasteiger partial charge in [0.25, 0.3) is 0 Å². The van der Waals surface area contributed by atoms with E-state index in [1.165, 1.54) is 16.2 Å². The SMILES string of the molecule is Cc1nc(CC(=O)c2csc(CCN)n2)sc1C. The van der Waals surface area contributed by atoms with E-state index in [1.54, 1.807) is 16.7 Å². The second-order valence-corrected chi connectivity index (χ2v) is 6.24. The average molecular weight is 281 g/mol. The fraction of sp³-hybridized carbons (Fsp3) is 0.417. The average Bonchev–Trinajstić information content (AvgIpc) is 2.88. The first-order valence-corrected chi connectivity index (χ1v) is 7.40. The number of aryl methyl sites for hydroxylation is 2. The number of Topliss-reactive ketones (excluding diaryl/α,β-unsaturated/α-hetero) is 1. The summed E-state index contributed by atoms with van der Waals surface area (Å²) in [6.07, 6.45) is 1.07. The minimum absolute atomic E-state index is 0.0308. The monoisotopic (exact) mass is 281 g/mol. The molecule has 2 N–H and O–H groups in total. The number of carbonyl (C=O) groups is 1. The van der Waals surface area contributed by atoms with Crippen LogP contribution in [0.25, 0.3) is 0 Å². The Kier molecular flexibility index (Phi) is 4.21. The first kappa shape index (κ1) is 13.3. The van der Waals surface area contributed by atoms with E-state index in [4.69, 9.17) is 5.73 Å². The summed E-state index contributed by atoms with van der Waals surface area (Å²) in [5, 5.41) is 3.59. The highest BCUT2D eigenvalue weighted by atomic mass is 32.1. The molecule has 0 aliphatic heterocycles. The molecule has 0 radical (unpaired) electrons. The standard InChI is InChI=1S/C12H15N3OS2/c1-7-8(2)18-12(14-7)5-10(16)9-6-17-11(15-9)3-4-13/h6H,3-5,13H2,1-2H3. The van der Waals surface area contributed by atoms with Crippen molar-refractivity contribution < 1.29 is 4.79 Å². The van der Waals surface area contributed by atoms with E-state index in [2.05, 4.69) is 9.97 Å². The second-order valence-electron chi connectivity index (χ2n) is 4.01. The van der Waals surface area contributed by atoms with Crippen LogP contribution in [-0.2, 0) is 12.8 Å². The Morgan fingerprint density at radius 2 is 2.11 bits per heavy atom. The number of carbonyl (C=O) groups excluding carboxylic acids is 1. The molecule has 0 saturated carbocycles. The molecule has 0 aliphatic carbocycles.